The van der Waals surface area contributed by atoms with Crippen LogP contribution in [0.3, 0.4) is 0 Å². The Morgan fingerprint density at radius 1 is 1.40 bits per heavy atom. The Balaban J connectivity index is 0.00000112. The second-order valence-electron chi connectivity index (χ2n) is 3.28. The molecule has 0 aliphatic rings. The summed E-state index contributed by atoms with van der Waals surface area (Å²) in [6.07, 6.45) is 3.67. The average Bonchev–Trinajstić information content (AvgIpc) is 2.71. The van der Waals surface area contributed by atoms with Crippen LogP contribution in [0.5, 0.6) is 0 Å². The van der Waals surface area contributed by atoms with Crippen molar-refractivity contribution >= 4 is 5.69 Å². The molecule has 2 aromatic rings. The molecule has 0 unspecified atom stereocenters. The minimum absolute atomic E-state index is 0. The first kappa shape index (κ1) is 12.0. The fourth-order valence-electron chi connectivity index (χ4n) is 1.26. The molecule has 0 amide bonds. The van der Waals surface area contributed by atoms with Crippen molar-refractivity contribution < 1.29 is 20.1 Å². The van der Waals surface area contributed by atoms with Crippen LogP contribution in [0, 0.1) is 6.07 Å². The van der Waals surface area contributed by atoms with Gasteiger partial charge in [-0.15, -0.1) is 12.1 Å². The quantitative estimate of drug-likeness (QED) is 0.743. The van der Waals surface area contributed by atoms with E-state index in [9.17, 15) is 0 Å². The summed E-state index contributed by atoms with van der Waals surface area (Å²) >= 11 is 0. The van der Waals surface area contributed by atoms with Crippen LogP contribution in [0.4, 0.5) is 5.69 Å². The van der Waals surface area contributed by atoms with Crippen molar-refractivity contribution in [1.82, 2.24) is 9.78 Å². The molecule has 81 valence electrons. The van der Waals surface area contributed by atoms with Gasteiger partial charge in [0.25, 0.3) is 0 Å². The maximum atomic E-state index is 4.15. The largest absolute Gasteiger partial charge is 0.399 e. The second kappa shape index (κ2) is 5.10. The Labute approximate surface area is 103 Å². The maximum Gasteiger partial charge on any atom is 0.0493 e. The van der Waals surface area contributed by atoms with Crippen LogP contribution in [0.1, 0.15) is 0 Å². The van der Waals surface area contributed by atoms with Gasteiger partial charge in [-0.3, -0.25) is 4.68 Å². The van der Waals surface area contributed by atoms with Crippen LogP contribution in [-0.2, 0) is 20.1 Å². The molecule has 0 N–H and O–H groups in total. The fraction of sp³-hybridized carbons (Fsp3) is 0.182. The summed E-state index contributed by atoms with van der Waals surface area (Å²) in [7, 11) is 4.03. The molecule has 0 bridgehead atoms. The molecule has 0 saturated carbocycles. The maximum absolute atomic E-state index is 4.15. The molecule has 0 spiro atoms. The van der Waals surface area contributed by atoms with Gasteiger partial charge in [0, 0.05) is 46.6 Å². The molecular formula is C11H12IrN3-. The summed E-state index contributed by atoms with van der Waals surface area (Å²) in [5.74, 6) is 0. The topological polar surface area (TPSA) is 21.1 Å². The van der Waals surface area contributed by atoms with E-state index in [0.29, 0.717) is 0 Å². The van der Waals surface area contributed by atoms with E-state index in [1.54, 1.807) is 10.9 Å². The third-order valence-electron chi connectivity index (χ3n) is 2.04. The zero-order valence-corrected chi connectivity index (χ0v) is 11.0. The summed E-state index contributed by atoms with van der Waals surface area (Å²) < 4.78 is 1.80. The van der Waals surface area contributed by atoms with Crippen molar-refractivity contribution in [3.8, 4) is 5.69 Å². The second-order valence-corrected chi connectivity index (χ2v) is 3.28. The number of aromatic nitrogens is 2. The van der Waals surface area contributed by atoms with E-state index in [0.717, 1.165) is 11.4 Å². The van der Waals surface area contributed by atoms with Gasteiger partial charge in [0.2, 0.25) is 0 Å². The molecule has 1 heterocycles. The molecule has 0 fully saturated rings. The van der Waals surface area contributed by atoms with Gasteiger partial charge in [-0.1, -0.05) is 5.69 Å². The Bertz CT molecular complexity index is 410. The Morgan fingerprint density at radius 3 is 2.80 bits per heavy atom. The number of nitrogens with zero attached hydrogens (tertiary/aromatic N) is 3. The van der Waals surface area contributed by atoms with Crippen molar-refractivity contribution in [1.29, 1.82) is 0 Å². The average molecular weight is 378 g/mol. The van der Waals surface area contributed by atoms with Crippen LogP contribution < -0.4 is 4.90 Å². The minimum Gasteiger partial charge on any atom is -0.399 e. The van der Waals surface area contributed by atoms with Crippen LogP contribution in [0.15, 0.2) is 36.7 Å². The Kier molecular flexibility index (Phi) is 4.06. The standard InChI is InChI=1S/C11H12N3.Ir/c1-13(2)10-5-3-6-11(9-10)14-8-4-7-12-14;/h3-5,7-9H,1-2H3;/q-1;. The molecule has 15 heavy (non-hydrogen) atoms. The van der Waals surface area contributed by atoms with E-state index in [1.165, 1.54) is 0 Å². The molecule has 1 aromatic heterocycles. The SMILES string of the molecule is CN(C)c1cc[c-]c(-n2cccn2)c1.[Ir]. The molecule has 4 heteroatoms. The smallest absolute Gasteiger partial charge is 0.0493 e. The molecule has 0 aliphatic heterocycles. The van der Waals surface area contributed by atoms with Gasteiger partial charge in [0.1, 0.15) is 0 Å². The molecule has 2 rings (SSSR count). The van der Waals surface area contributed by atoms with Crippen molar-refractivity contribution in [2.75, 3.05) is 19.0 Å². The van der Waals surface area contributed by atoms with E-state index in [1.807, 2.05) is 44.6 Å². The van der Waals surface area contributed by atoms with Crippen molar-refractivity contribution in [2.45, 2.75) is 0 Å². The molecule has 1 aromatic carbocycles. The van der Waals surface area contributed by atoms with Crippen molar-refractivity contribution in [2.24, 2.45) is 0 Å². The van der Waals surface area contributed by atoms with Crippen LogP contribution in [-0.4, -0.2) is 23.9 Å². The predicted octanol–water partition coefficient (Wildman–Crippen LogP) is 1.74. The zero-order valence-electron chi connectivity index (χ0n) is 8.64. The monoisotopic (exact) mass is 379 g/mol. The zero-order chi connectivity index (χ0) is 9.97. The van der Waals surface area contributed by atoms with Crippen molar-refractivity contribution in [3.05, 3.63) is 42.7 Å². The summed E-state index contributed by atoms with van der Waals surface area (Å²) in [5.41, 5.74) is 2.11. The number of anilines is 1. The summed E-state index contributed by atoms with van der Waals surface area (Å²) in [4.78, 5) is 2.06. The van der Waals surface area contributed by atoms with Crippen LogP contribution in [0.25, 0.3) is 5.69 Å². The number of rotatable bonds is 2. The van der Waals surface area contributed by atoms with Gasteiger partial charge in [-0.05, 0) is 11.8 Å². The van der Waals surface area contributed by atoms with E-state index >= 15 is 0 Å². The van der Waals surface area contributed by atoms with Gasteiger partial charge >= 0.3 is 0 Å². The minimum atomic E-state index is 0. The Morgan fingerprint density at radius 2 is 2.20 bits per heavy atom. The number of benzene rings is 1. The van der Waals surface area contributed by atoms with E-state index in [4.69, 9.17) is 0 Å². The van der Waals surface area contributed by atoms with Gasteiger partial charge in [-0.25, -0.2) is 0 Å². The molecular weight excluding hydrogens is 366 g/mol. The van der Waals surface area contributed by atoms with Crippen molar-refractivity contribution in [3.63, 3.8) is 0 Å². The first-order chi connectivity index (χ1) is 6.77. The van der Waals surface area contributed by atoms with Gasteiger partial charge in [0.15, 0.2) is 0 Å². The number of hydrogen-bond acceptors (Lipinski definition) is 2. The van der Waals surface area contributed by atoms with E-state index < -0.39 is 0 Å². The van der Waals surface area contributed by atoms with E-state index in [2.05, 4.69) is 16.1 Å². The molecule has 0 saturated heterocycles. The van der Waals surface area contributed by atoms with Gasteiger partial charge in [0.05, 0.1) is 0 Å². The van der Waals surface area contributed by atoms with Crippen LogP contribution >= 0.6 is 0 Å². The van der Waals surface area contributed by atoms with Gasteiger partial charge < -0.3 is 4.90 Å². The normalized spacial score (nSPS) is 9.47. The third-order valence-corrected chi connectivity index (χ3v) is 2.04. The predicted molar refractivity (Wildman–Crippen MR) is 56.7 cm³/mol. The third kappa shape index (κ3) is 2.67. The Hall–Kier alpha value is -1.12. The van der Waals surface area contributed by atoms with E-state index in [-0.39, 0.29) is 20.1 Å². The molecule has 1 radical (unpaired) electrons. The molecule has 0 aliphatic carbocycles. The first-order valence-electron chi connectivity index (χ1n) is 4.46. The first-order valence-corrected chi connectivity index (χ1v) is 4.46. The molecule has 3 nitrogen and oxygen atoms in total. The number of hydrogen-bond donors (Lipinski definition) is 0. The summed E-state index contributed by atoms with van der Waals surface area (Å²) in [6, 6.07) is 11.0. The van der Waals surface area contributed by atoms with Gasteiger partial charge in [-0.2, -0.15) is 17.2 Å². The molecule has 0 atom stereocenters. The summed E-state index contributed by atoms with van der Waals surface area (Å²) in [5, 5.41) is 4.15. The summed E-state index contributed by atoms with van der Waals surface area (Å²) in [6.45, 7) is 0. The van der Waals surface area contributed by atoms with Crippen LogP contribution in [0.2, 0.25) is 0 Å². The fourth-order valence-corrected chi connectivity index (χ4v) is 1.26.